The Bertz CT molecular complexity index is 443. The number of aryl methyl sites for hydroxylation is 2. The van der Waals surface area contributed by atoms with E-state index in [0.717, 1.165) is 10.7 Å². The van der Waals surface area contributed by atoms with Gasteiger partial charge in [-0.2, -0.15) is 0 Å². The predicted octanol–water partition coefficient (Wildman–Crippen LogP) is 4.69. The predicted molar refractivity (Wildman–Crippen MR) is 73.8 cm³/mol. The van der Waals surface area contributed by atoms with E-state index >= 15 is 0 Å². The molecule has 0 N–H and O–H groups in total. The molecule has 0 unspecified atom stereocenters. The van der Waals surface area contributed by atoms with Crippen LogP contribution >= 0.6 is 11.3 Å². The lowest BCUT2D eigenvalue weighted by molar-refractivity contribution is 1.23. The van der Waals surface area contributed by atoms with Crippen LogP contribution in [-0.2, 0) is 0 Å². The fourth-order valence-corrected chi connectivity index (χ4v) is 2.30. The number of hydrogen-bond acceptors (Lipinski definition) is 2. The summed E-state index contributed by atoms with van der Waals surface area (Å²) in [5.74, 6) is 0. The molecule has 1 aromatic rings. The van der Waals surface area contributed by atoms with Crippen molar-refractivity contribution in [2.45, 2.75) is 34.6 Å². The SMILES string of the molecule is CC(C)=C/C=C\C=C(/C)c1nc(C)sc1C. The van der Waals surface area contributed by atoms with E-state index in [0.29, 0.717) is 0 Å². The van der Waals surface area contributed by atoms with E-state index in [1.807, 2.05) is 6.92 Å². The Hall–Kier alpha value is -1.15. The summed E-state index contributed by atoms with van der Waals surface area (Å²) in [6, 6.07) is 0. The molecule has 1 nitrogen and oxygen atoms in total. The molecule has 0 bridgehead atoms. The summed E-state index contributed by atoms with van der Waals surface area (Å²) in [5, 5.41) is 1.13. The van der Waals surface area contributed by atoms with Gasteiger partial charge >= 0.3 is 0 Å². The van der Waals surface area contributed by atoms with Gasteiger partial charge in [0.05, 0.1) is 10.7 Å². The molecule has 0 fully saturated rings. The molecule has 1 aromatic heterocycles. The monoisotopic (exact) mass is 233 g/mol. The first-order chi connectivity index (χ1) is 7.50. The molecule has 0 spiro atoms. The van der Waals surface area contributed by atoms with E-state index < -0.39 is 0 Å². The zero-order chi connectivity index (χ0) is 12.1. The summed E-state index contributed by atoms with van der Waals surface area (Å²) in [4.78, 5) is 5.82. The topological polar surface area (TPSA) is 12.9 Å². The third-order valence-corrected chi connectivity index (χ3v) is 3.05. The maximum absolute atomic E-state index is 4.52. The van der Waals surface area contributed by atoms with E-state index in [2.05, 4.69) is 57.0 Å². The molecule has 1 heterocycles. The molecule has 0 amide bonds. The van der Waals surface area contributed by atoms with Gasteiger partial charge in [-0.3, -0.25) is 0 Å². The molecule has 0 aliphatic rings. The van der Waals surface area contributed by atoms with Crippen molar-refractivity contribution in [3.63, 3.8) is 0 Å². The van der Waals surface area contributed by atoms with Crippen LogP contribution in [0, 0.1) is 13.8 Å². The third-order valence-electron chi connectivity index (χ3n) is 2.16. The molecule has 2 heteroatoms. The number of thiazole rings is 1. The first-order valence-corrected chi connectivity index (χ1v) is 6.25. The fourth-order valence-electron chi connectivity index (χ4n) is 1.42. The van der Waals surface area contributed by atoms with Gasteiger partial charge in [-0.25, -0.2) is 4.98 Å². The first-order valence-electron chi connectivity index (χ1n) is 5.43. The van der Waals surface area contributed by atoms with Gasteiger partial charge in [-0.05, 0) is 40.2 Å². The van der Waals surface area contributed by atoms with E-state index in [-0.39, 0.29) is 0 Å². The Morgan fingerprint density at radius 2 is 1.69 bits per heavy atom. The van der Waals surface area contributed by atoms with E-state index in [4.69, 9.17) is 0 Å². The van der Waals surface area contributed by atoms with Crippen molar-refractivity contribution in [1.29, 1.82) is 0 Å². The number of hydrogen-bond donors (Lipinski definition) is 0. The molecule has 0 saturated heterocycles. The van der Waals surface area contributed by atoms with Crippen LogP contribution in [-0.4, -0.2) is 4.98 Å². The second-order valence-electron chi connectivity index (χ2n) is 4.12. The van der Waals surface area contributed by atoms with Crippen molar-refractivity contribution in [3.05, 3.63) is 45.5 Å². The number of rotatable bonds is 3. The molecule has 0 aromatic carbocycles. The number of aromatic nitrogens is 1. The van der Waals surface area contributed by atoms with Gasteiger partial charge in [0, 0.05) is 4.88 Å². The van der Waals surface area contributed by atoms with E-state index in [9.17, 15) is 0 Å². The highest BCUT2D eigenvalue weighted by molar-refractivity contribution is 7.11. The maximum atomic E-state index is 4.52. The summed E-state index contributed by atoms with van der Waals surface area (Å²) in [5.41, 5.74) is 3.66. The maximum Gasteiger partial charge on any atom is 0.0904 e. The van der Waals surface area contributed by atoms with Crippen molar-refractivity contribution >= 4 is 16.9 Å². The lowest BCUT2D eigenvalue weighted by Crippen LogP contribution is -1.82. The standard InChI is InChI=1S/C14H19NS/c1-10(2)8-6-7-9-11(3)14-12(4)16-13(5)15-14/h6-9H,1-5H3/b7-6-,11-9+. The summed E-state index contributed by atoms with van der Waals surface area (Å²) >= 11 is 1.75. The van der Waals surface area contributed by atoms with Gasteiger partial charge in [0.25, 0.3) is 0 Å². The van der Waals surface area contributed by atoms with Crippen molar-refractivity contribution < 1.29 is 0 Å². The van der Waals surface area contributed by atoms with Gasteiger partial charge in [-0.1, -0.05) is 29.9 Å². The second-order valence-corrected chi connectivity index (χ2v) is 5.52. The Morgan fingerprint density at radius 3 is 2.19 bits per heavy atom. The molecule has 0 atom stereocenters. The summed E-state index contributed by atoms with van der Waals surface area (Å²) in [6.45, 7) is 10.5. The minimum absolute atomic E-state index is 1.13. The van der Waals surface area contributed by atoms with Gasteiger partial charge in [0.1, 0.15) is 0 Å². The highest BCUT2D eigenvalue weighted by atomic mass is 32.1. The van der Waals surface area contributed by atoms with Gasteiger partial charge in [0.15, 0.2) is 0 Å². The first kappa shape index (κ1) is 12.9. The molecule has 16 heavy (non-hydrogen) atoms. The molecular weight excluding hydrogens is 214 g/mol. The van der Waals surface area contributed by atoms with E-state index in [1.165, 1.54) is 16.0 Å². The Morgan fingerprint density at radius 1 is 1.06 bits per heavy atom. The summed E-state index contributed by atoms with van der Waals surface area (Å²) in [7, 11) is 0. The van der Waals surface area contributed by atoms with Crippen molar-refractivity contribution in [3.8, 4) is 0 Å². The average molecular weight is 233 g/mol. The van der Waals surface area contributed by atoms with Crippen molar-refractivity contribution in [1.82, 2.24) is 4.98 Å². The lowest BCUT2D eigenvalue weighted by atomic mass is 10.2. The van der Waals surface area contributed by atoms with Gasteiger partial charge < -0.3 is 0 Å². The average Bonchev–Trinajstić information content (AvgIpc) is 2.52. The van der Waals surface area contributed by atoms with Crippen LogP contribution in [0.5, 0.6) is 0 Å². The highest BCUT2D eigenvalue weighted by Gasteiger charge is 2.04. The minimum atomic E-state index is 1.13. The lowest BCUT2D eigenvalue weighted by Gasteiger charge is -1.95. The van der Waals surface area contributed by atoms with Gasteiger partial charge in [-0.15, -0.1) is 11.3 Å². The number of allylic oxidation sites excluding steroid dienone is 6. The number of nitrogens with zero attached hydrogens (tertiary/aromatic N) is 1. The van der Waals surface area contributed by atoms with E-state index in [1.54, 1.807) is 11.3 Å². The Labute approximate surface area is 102 Å². The van der Waals surface area contributed by atoms with Crippen LogP contribution < -0.4 is 0 Å². The van der Waals surface area contributed by atoms with Crippen LogP contribution in [0.3, 0.4) is 0 Å². The van der Waals surface area contributed by atoms with Crippen molar-refractivity contribution in [2.75, 3.05) is 0 Å². The van der Waals surface area contributed by atoms with Crippen LogP contribution in [0.2, 0.25) is 0 Å². The summed E-state index contributed by atoms with van der Waals surface area (Å²) in [6.07, 6.45) is 8.34. The zero-order valence-electron chi connectivity index (χ0n) is 10.7. The third kappa shape index (κ3) is 3.78. The summed E-state index contributed by atoms with van der Waals surface area (Å²) < 4.78 is 0. The highest BCUT2D eigenvalue weighted by Crippen LogP contribution is 2.23. The molecular formula is C14H19NS. The Kier molecular flexibility index (Phi) is 4.69. The zero-order valence-corrected chi connectivity index (χ0v) is 11.5. The molecule has 1 rings (SSSR count). The van der Waals surface area contributed by atoms with Crippen molar-refractivity contribution in [2.24, 2.45) is 0 Å². The van der Waals surface area contributed by atoms with Crippen LogP contribution in [0.15, 0.2) is 29.9 Å². The Balaban J connectivity index is 2.82. The molecule has 86 valence electrons. The normalized spacial score (nSPS) is 12.2. The quantitative estimate of drug-likeness (QED) is 0.690. The molecule has 0 aliphatic carbocycles. The molecule has 0 aliphatic heterocycles. The molecule has 0 saturated carbocycles. The van der Waals surface area contributed by atoms with Crippen LogP contribution in [0.4, 0.5) is 0 Å². The van der Waals surface area contributed by atoms with Gasteiger partial charge in [0.2, 0.25) is 0 Å². The van der Waals surface area contributed by atoms with Crippen LogP contribution in [0.1, 0.15) is 36.3 Å². The largest absolute Gasteiger partial charge is 0.242 e. The smallest absolute Gasteiger partial charge is 0.0904 e. The minimum Gasteiger partial charge on any atom is -0.242 e. The molecule has 0 radical (unpaired) electrons. The fraction of sp³-hybridized carbons (Fsp3) is 0.357. The van der Waals surface area contributed by atoms with Crippen LogP contribution in [0.25, 0.3) is 5.57 Å². The second kappa shape index (κ2) is 5.80.